The van der Waals surface area contributed by atoms with Crippen molar-refractivity contribution in [3.05, 3.63) is 17.8 Å². The van der Waals surface area contributed by atoms with Crippen LogP contribution in [0, 0.1) is 0 Å². The number of carboxylic acid groups (broad SMARTS) is 1. The van der Waals surface area contributed by atoms with Gasteiger partial charge in [0.05, 0.1) is 17.4 Å². The van der Waals surface area contributed by atoms with Crippen LogP contribution >= 0.6 is 0 Å². The summed E-state index contributed by atoms with van der Waals surface area (Å²) in [6.07, 6.45) is 3.49. The van der Waals surface area contributed by atoms with E-state index in [9.17, 15) is 9.90 Å². The lowest BCUT2D eigenvalue weighted by Crippen LogP contribution is -2.40. The fourth-order valence-corrected chi connectivity index (χ4v) is 2.69. The Labute approximate surface area is 119 Å². The highest BCUT2D eigenvalue weighted by Crippen LogP contribution is 2.23. The van der Waals surface area contributed by atoms with Crippen molar-refractivity contribution in [2.45, 2.75) is 25.8 Å². The topological polar surface area (TPSA) is 82.7 Å². The second-order valence-electron chi connectivity index (χ2n) is 5.31. The van der Waals surface area contributed by atoms with Crippen molar-refractivity contribution in [3.8, 4) is 0 Å². The summed E-state index contributed by atoms with van der Waals surface area (Å²) in [7, 11) is 2.12. The van der Waals surface area contributed by atoms with E-state index in [1.54, 1.807) is 6.07 Å². The predicted octanol–water partition coefficient (Wildman–Crippen LogP) is 1.28. The van der Waals surface area contributed by atoms with E-state index < -0.39 is 5.97 Å². The molecule has 1 unspecified atom stereocenters. The highest BCUT2D eigenvalue weighted by molar-refractivity contribution is 5.94. The molecular weight excluding hydrogens is 256 g/mol. The third-order valence-corrected chi connectivity index (χ3v) is 3.82. The maximum atomic E-state index is 11.2. The number of aromatic carboxylic acids is 1. The van der Waals surface area contributed by atoms with E-state index in [0.29, 0.717) is 11.9 Å². The van der Waals surface area contributed by atoms with Gasteiger partial charge in [-0.3, -0.25) is 0 Å². The summed E-state index contributed by atoms with van der Waals surface area (Å²) in [6, 6.07) is 1.94. The van der Waals surface area contributed by atoms with Crippen molar-refractivity contribution in [2.24, 2.45) is 0 Å². The monoisotopic (exact) mass is 278 g/mol. The number of aromatic nitrogens is 1. The van der Waals surface area contributed by atoms with Gasteiger partial charge in [-0.1, -0.05) is 6.92 Å². The summed E-state index contributed by atoms with van der Waals surface area (Å²) in [5.74, 6) is -0.301. The fourth-order valence-electron chi connectivity index (χ4n) is 2.69. The van der Waals surface area contributed by atoms with E-state index in [-0.39, 0.29) is 11.3 Å². The van der Waals surface area contributed by atoms with Gasteiger partial charge in [0.15, 0.2) is 0 Å². The van der Waals surface area contributed by atoms with Crippen LogP contribution in [0.3, 0.4) is 0 Å². The summed E-state index contributed by atoms with van der Waals surface area (Å²) < 4.78 is 0. The first-order valence-corrected chi connectivity index (χ1v) is 6.97. The lowest BCUT2D eigenvalue weighted by atomic mass is 10.1. The standard InChI is InChI=1S/C14H22N4O2/c1-3-10-9-17(2)5-4-6-18(10)13-7-11(14(19)20)12(15)8-16-13/h7-8,10H,3-6,9,15H2,1-2H3,(H,19,20). The highest BCUT2D eigenvalue weighted by atomic mass is 16.4. The molecule has 0 aliphatic carbocycles. The van der Waals surface area contributed by atoms with Gasteiger partial charge in [0, 0.05) is 19.1 Å². The van der Waals surface area contributed by atoms with Gasteiger partial charge in [0.2, 0.25) is 0 Å². The number of nitrogens with zero attached hydrogens (tertiary/aromatic N) is 3. The Morgan fingerprint density at radius 1 is 1.55 bits per heavy atom. The zero-order valence-corrected chi connectivity index (χ0v) is 12.0. The van der Waals surface area contributed by atoms with Crippen LogP contribution in [-0.4, -0.2) is 53.7 Å². The van der Waals surface area contributed by atoms with Gasteiger partial charge in [-0.2, -0.15) is 0 Å². The molecule has 0 radical (unpaired) electrons. The van der Waals surface area contributed by atoms with Crippen LogP contribution in [0.2, 0.25) is 0 Å². The molecular formula is C14H22N4O2. The number of hydrogen-bond donors (Lipinski definition) is 2. The molecule has 2 rings (SSSR count). The summed E-state index contributed by atoms with van der Waals surface area (Å²) in [5, 5.41) is 9.17. The number of anilines is 2. The number of hydrogen-bond acceptors (Lipinski definition) is 5. The molecule has 3 N–H and O–H groups in total. The highest BCUT2D eigenvalue weighted by Gasteiger charge is 2.24. The zero-order valence-electron chi connectivity index (χ0n) is 12.0. The number of nitrogen functional groups attached to an aromatic ring is 1. The Bertz CT molecular complexity index is 492. The summed E-state index contributed by atoms with van der Waals surface area (Å²) in [6.45, 7) is 5.05. The molecule has 1 saturated heterocycles. The van der Waals surface area contributed by atoms with Gasteiger partial charge in [-0.05, 0) is 32.5 Å². The first-order valence-electron chi connectivity index (χ1n) is 6.97. The summed E-state index contributed by atoms with van der Waals surface area (Å²) in [5.41, 5.74) is 6.01. The van der Waals surface area contributed by atoms with Crippen LogP contribution in [0.4, 0.5) is 11.5 Å². The van der Waals surface area contributed by atoms with Gasteiger partial charge in [0.1, 0.15) is 5.82 Å². The molecule has 0 amide bonds. The molecule has 1 aromatic heterocycles. The van der Waals surface area contributed by atoms with Gasteiger partial charge >= 0.3 is 5.97 Å². The maximum absolute atomic E-state index is 11.2. The van der Waals surface area contributed by atoms with Gasteiger partial charge < -0.3 is 20.6 Å². The van der Waals surface area contributed by atoms with Crippen molar-refractivity contribution in [3.63, 3.8) is 0 Å². The molecule has 110 valence electrons. The molecule has 20 heavy (non-hydrogen) atoms. The number of nitrogens with two attached hydrogens (primary N) is 1. The lowest BCUT2D eigenvalue weighted by Gasteiger charge is -2.31. The predicted molar refractivity (Wildman–Crippen MR) is 79.1 cm³/mol. The Hall–Kier alpha value is -1.82. The van der Waals surface area contributed by atoms with Crippen molar-refractivity contribution in [1.82, 2.24) is 9.88 Å². The molecule has 2 heterocycles. The van der Waals surface area contributed by atoms with Crippen LogP contribution in [0.1, 0.15) is 30.1 Å². The van der Waals surface area contributed by atoms with E-state index in [4.69, 9.17) is 5.73 Å². The molecule has 1 aromatic rings. The third-order valence-electron chi connectivity index (χ3n) is 3.82. The first-order chi connectivity index (χ1) is 9.52. The zero-order chi connectivity index (χ0) is 14.7. The van der Waals surface area contributed by atoms with Gasteiger partial charge in [-0.15, -0.1) is 0 Å². The lowest BCUT2D eigenvalue weighted by molar-refractivity contribution is 0.0698. The van der Waals surface area contributed by atoms with Crippen LogP contribution in [0.25, 0.3) is 0 Å². The third kappa shape index (κ3) is 3.01. The largest absolute Gasteiger partial charge is 0.478 e. The minimum Gasteiger partial charge on any atom is -0.478 e. The molecule has 0 spiro atoms. The maximum Gasteiger partial charge on any atom is 0.337 e. The number of carboxylic acids is 1. The smallest absolute Gasteiger partial charge is 0.337 e. The van der Waals surface area contributed by atoms with E-state index >= 15 is 0 Å². The quantitative estimate of drug-likeness (QED) is 0.866. The van der Waals surface area contributed by atoms with E-state index in [0.717, 1.165) is 32.5 Å². The molecule has 6 nitrogen and oxygen atoms in total. The Morgan fingerprint density at radius 2 is 2.30 bits per heavy atom. The Kier molecular flexibility index (Phi) is 4.44. The molecule has 1 atom stereocenters. The minimum atomic E-state index is -1.01. The summed E-state index contributed by atoms with van der Waals surface area (Å²) in [4.78, 5) is 20.0. The van der Waals surface area contributed by atoms with Crippen LogP contribution in [-0.2, 0) is 0 Å². The normalized spacial score (nSPS) is 20.7. The molecule has 0 aromatic carbocycles. The Balaban J connectivity index is 2.33. The SMILES string of the molecule is CCC1CN(C)CCCN1c1cc(C(=O)O)c(N)cn1. The second kappa shape index (κ2) is 6.09. The summed E-state index contributed by atoms with van der Waals surface area (Å²) >= 11 is 0. The minimum absolute atomic E-state index is 0.127. The van der Waals surface area contributed by atoms with Crippen molar-refractivity contribution < 1.29 is 9.90 Å². The molecule has 1 aliphatic heterocycles. The number of rotatable bonds is 3. The van der Waals surface area contributed by atoms with Crippen molar-refractivity contribution >= 4 is 17.5 Å². The van der Waals surface area contributed by atoms with E-state index in [2.05, 4.69) is 28.8 Å². The molecule has 6 heteroatoms. The number of likely N-dealkylation sites (N-methyl/N-ethyl adjacent to an activating group) is 1. The van der Waals surface area contributed by atoms with Crippen molar-refractivity contribution in [2.75, 3.05) is 37.3 Å². The average molecular weight is 278 g/mol. The molecule has 0 bridgehead atoms. The molecule has 1 aliphatic rings. The first kappa shape index (κ1) is 14.6. The van der Waals surface area contributed by atoms with Gasteiger partial charge in [-0.25, -0.2) is 9.78 Å². The van der Waals surface area contributed by atoms with Crippen LogP contribution in [0.15, 0.2) is 12.3 Å². The van der Waals surface area contributed by atoms with Crippen molar-refractivity contribution in [1.29, 1.82) is 0 Å². The fraction of sp³-hybridized carbons (Fsp3) is 0.571. The van der Waals surface area contributed by atoms with E-state index in [1.165, 1.54) is 6.20 Å². The van der Waals surface area contributed by atoms with Gasteiger partial charge in [0.25, 0.3) is 0 Å². The second-order valence-corrected chi connectivity index (χ2v) is 5.31. The van der Waals surface area contributed by atoms with E-state index in [1.807, 2.05) is 0 Å². The van der Waals surface area contributed by atoms with Crippen LogP contribution in [0.5, 0.6) is 0 Å². The number of pyridine rings is 1. The van der Waals surface area contributed by atoms with Crippen LogP contribution < -0.4 is 10.6 Å². The average Bonchev–Trinajstić information content (AvgIpc) is 2.60. The Morgan fingerprint density at radius 3 is 2.95 bits per heavy atom. The number of carbonyl (C=O) groups is 1. The molecule has 0 saturated carbocycles. The molecule has 1 fully saturated rings.